The van der Waals surface area contributed by atoms with E-state index < -0.39 is 0 Å². The number of hydrogen-bond donors (Lipinski definition) is 2. The van der Waals surface area contributed by atoms with Crippen molar-refractivity contribution in [2.45, 2.75) is 38.9 Å². The second kappa shape index (κ2) is 9.59. The van der Waals surface area contributed by atoms with Crippen LogP contribution in [-0.2, 0) is 11.3 Å². The summed E-state index contributed by atoms with van der Waals surface area (Å²) < 4.78 is 5.72. The lowest BCUT2D eigenvalue weighted by Gasteiger charge is -2.24. The highest BCUT2D eigenvalue weighted by molar-refractivity contribution is 5.81. The van der Waals surface area contributed by atoms with E-state index in [4.69, 9.17) is 4.74 Å². The van der Waals surface area contributed by atoms with Gasteiger partial charge in [-0.1, -0.05) is 44.7 Å². The fraction of sp³-hybridized carbons (Fsp3) is 0.550. The number of para-hydroxylation sites is 1. The highest BCUT2D eigenvalue weighted by Crippen LogP contribution is 2.22. The molecule has 1 heterocycles. The molecule has 0 spiro atoms. The molecule has 1 aromatic rings. The van der Waals surface area contributed by atoms with E-state index in [0.29, 0.717) is 18.6 Å². The molecule has 0 saturated carbocycles. The smallest absolute Gasteiger partial charge is 0.237 e. The molecule has 0 aromatic heterocycles. The van der Waals surface area contributed by atoms with Gasteiger partial charge in [0, 0.05) is 38.3 Å². The SMILES string of the molecule is C=CCOc1ccccc1CN[C@@H]1C[C@@H](C(=O)NC)N(CC(C)C)C1. The largest absolute Gasteiger partial charge is 0.489 e. The number of benzene rings is 1. The third-order valence-corrected chi connectivity index (χ3v) is 4.46. The second-order valence-electron chi connectivity index (χ2n) is 7.00. The van der Waals surface area contributed by atoms with Gasteiger partial charge in [0.25, 0.3) is 0 Å². The molecule has 1 saturated heterocycles. The van der Waals surface area contributed by atoms with Crippen LogP contribution in [0.5, 0.6) is 5.75 Å². The Balaban J connectivity index is 1.97. The summed E-state index contributed by atoms with van der Waals surface area (Å²) in [4.78, 5) is 14.5. The number of ether oxygens (including phenoxy) is 1. The van der Waals surface area contributed by atoms with Crippen molar-refractivity contribution in [1.29, 1.82) is 0 Å². The standard InChI is InChI=1S/C20H31N3O2/c1-5-10-25-19-9-7-6-8-16(19)12-22-17-11-18(20(24)21-4)23(14-17)13-15(2)3/h5-9,15,17-18,22H,1,10-14H2,2-4H3,(H,21,24)/t17-,18+/m1/s1. The lowest BCUT2D eigenvalue weighted by Crippen LogP contribution is -2.43. The van der Waals surface area contributed by atoms with Crippen molar-refractivity contribution in [2.24, 2.45) is 5.92 Å². The number of nitrogens with zero attached hydrogens (tertiary/aromatic N) is 1. The summed E-state index contributed by atoms with van der Waals surface area (Å²) >= 11 is 0. The van der Waals surface area contributed by atoms with E-state index >= 15 is 0 Å². The predicted molar refractivity (Wildman–Crippen MR) is 102 cm³/mol. The maximum Gasteiger partial charge on any atom is 0.237 e. The van der Waals surface area contributed by atoms with Gasteiger partial charge in [0.1, 0.15) is 12.4 Å². The van der Waals surface area contributed by atoms with Gasteiger partial charge >= 0.3 is 0 Å². The van der Waals surface area contributed by atoms with Crippen LogP contribution >= 0.6 is 0 Å². The van der Waals surface area contributed by atoms with Gasteiger partial charge in [-0.25, -0.2) is 0 Å². The molecule has 138 valence electrons. The molecule has 1 fully saturated rings. The molecule has 0 unspecified atom stereocenters. The van der Waals surface area contributed by atoms with Crippen molar-refractivity contribution in [1.82, 2.24) is 15.5 Å². The molecule has 5 heteroatoms. The van der Waals surface area contributed by atoms with Crippen LogP contribution in [0.1, 0.15) is 25.8 Å². The molecule has 2 N–H and O–H groups in total. The van der Waals surface area contributed by atoms with Crippen LogP contribution in [0.2, 0.25) is 0 Å². The van der Waals surface area contributed by atoms with E-state index in [1.54, 1.807) is 13.1 Å². The first-order chi connectivity index (χ1) is 12.0. The monoisotopic (exact) mass is 345 g/mol. The molecule has 2 atom stereocenters. The molecular weight excluding hydrogens is 314 g/mol. The van der Waals surface area contributed by atoms with Crippen molar-refractivity contribution in [3.63, 3.8) is 0 Å². The maximum absolute atomic E-state index is 12.2. The Morgan fingerprint density at radius 2 is 2.20 bits per heavy atom. The summed E-state index contributed by atoms with van der Waals surface area (Å²) in [6, 6.07) is 8.30. The third kappa shape index (κ3) is 5.58. The predicted octanol–water partition coefficient (Wildman–Crippen LogP) is 2.19. The first-order valence-electron chi connectivity index (χ1n) is 9.05. The van der Waals surface area contributed by atoms with E-state index in [1.165, 1.54) is 0 Å². The quantitative estimate of drug-likeness (QED) is 0.674. The minimum absolute atomic E-state index is 0.0443. The molecule has 0 radical (unpaired) electrons. The van der Waals surface area contributed by atoms with Gasteiger partial charge in [-0.2, -0.15) is 0 Å². The molecule has 25 heavy (non-hydrogen) atoms. The van der Waals surface area contributed by atoms with Gasteiger partial charge in [0.15, 0.2) is 0 Å². The normalized spacial score (nSPS) is 20.6. The Kier molecular flexibility index (Phi) is 7.47. The van der Waals surface area contributed by atoms with E-state index in [2.05, 4.69) is 42.0 Å². The van der Waals surface area contributed by atoms with Crippen LogP contribution in [0.25, 0.3) is 0 Å². The number of rotatable bonds is 9. The highest BCUT2D eigenvalue weighted by Gasteiger charge is 2.36. The molecular formula is C20H31N3O2. The number of likely N-dealkylation sites (tertiary alicyclic amines) is 1. The molecule has 0 aliphatic carbocycles. The lowest BCUT2D eigenvalue weighted by atomic mass is 10.1. The highest BCUT2D eigenvalue weighted by atomic mass is 16.5. The van der Waals surface area contributed by atoms with Gasteiger partial charge < -0.3 is 15.4 Å². The molecule has 1 amide bonds. The van der Waals surface area contributed by atoms with Crippen molar-refractivity contribution in [2.75, 3.05) is 26.7 Å². The first kappa shape index (κ1) is 19.5. The summed E-state index contributed by atoms with van der Waals surface area (Å²) in [5.41, 5.74) is 1.13. The summed E-state index contributed by atoms with van der Waals surface area (Å²) in [6.45, 7) is 11.1. The van der Waals surface area contributed by atoms with Crippen LogP contribution in [0.15, 0.2) is 36.9 Å². The zero-order valence-corrected chi connectivity index (χ0v) is 15.6. The summed E-state index contributed by atoms with van der Waals surface area (Å²) in [5, 5.41) is 6.40. The van der Waals surface area contributed by atoms with Gasteiger partial charge in [0.2, 0.25) is 5.91 Å². The number of nitrogens with one attached hydrogen (secondary N) is 2. The lowest BCUT2D eigenvalue weighted by molar-refractivity contribution is -0.125. The molecule has 0 bridgehead atoms. The Morgan fingerprint density at radius 1 is 1.44 bits per heavy atom. The fourth-order valence-electron chi connectivity index (χ4n) is 3.36. The minimum atomic E-state index is -0.0443. The number of carbonyl (C=O) groups is 1. The van der Waals surface area contributed by atoms with Crippen molar-refractivity contribution < 1.29 is 9.53 Å². The molecule has 1 aliphatic heterocycles. The number of likely N-dealkylation sites (N-methyl/N-ethyl adjacent to an activating group) is 1. The van der Waals surface area contributed by atoms with Gasteiger partial charge in [0.05, 0.1) is 6.04 Å². The van der Waals surface area contributed by atoms with Crippen molar-refractivity contribution in [3.05, 3.63) is 42.5 Å². The van der Waals surface area contributed by atoms with E-state index in [-0.39, 0.29) is 11.9 Å². The van der Waals surface area contributed by atoms with Crippen LogP contribution in [-0.4, -0.2) is 49.6 Å². The Bertz CT molecular complexity index is 574. The van der Waals surface area contributed by atoms with E-state index in [0.717, 1.165) is 37.4 Å². The van der Waals surface area contributed by atoms with Crippen LogP contribution in [0.3, 0.4) is 0 Å². The maximum atomic E-state index is 12.2. The van der Waals surface area contributed by atoms with Gasteiger partial charge in [-0.05, 0) is 18.4 Å². The zero-order chi connectivity index (χ0) is 18.2. The number of hydrogen-bond acceptors (Lipinski definition) is 4. The Morgan fingerprint density at radius 3 is 2.88 bits per heavy atom. The minimum Gasteiger partial charge on any atom is -0.489 e. The van der Waals surface area contributed by atoms with Crippen LogP contribution < -0.4 is 15.4 Å². The van der Waals surface area contributed by atoms with E-state index in [1.807, 2.05) is 18.2 Å². The van der Waals surface area contributed by atoms with Crippen molar-refractivity contribution in [3.8, 4) is 5.75 Å². The van der Waals surface area contributed by atoms with Gasteiger partial charge in [-0.15, -0.1) is 0 Å². The summed E-state index contributed by atoms with van der Waals surface area (Å²) in [7, 11) is 1.71. The first-order valence-corrected chi connectivity index (χ1v) is 9.05. The second-order valence-corrected chi connectivity index (χ2v) is 7.00. The third-order valence-electron chi connectivity index (χ3n) is 4.46. The topological polar surface area (TPSA) is 53.6 Å². The molecule has 2 rings (SSSR count). The Labute approximate surface area is 151 Å². The Hall–Kier alpha value is -1.85. The van der Waals surface area contributed by atoms with Crippen LogP contribution in [0.4, 0.5) is 0 Å². The summed E-state index contributed by atoms with van der Waals surface area (Å²) in [6.07, 6.45) is 2.58. The molecule has 1 aromatic carbocycles. The van der Waals surface area contributed by atoms with Gasteiger partial charge in [-0.3, -0.25) is 9.69 Å². The average molecular weight is 345 g/mol. The number of amides is 1. The summed E-state index contributed by atoms with van der Waals surface area (Å²) in [5.74, 6) is 1.54. The average Bonchev–Trinajstić information content (AvgIpc) is 3.00. The molecule has 5 nitrogen and oxygen atoms in total. The van der Waals surface area contributed by atoms with E-state index in [9.17, 15) is 4.79 Å². The van der Waals surface area contributed by atoms with Crippen molar-refractivity contribution >= 4 is 5.91 Å². The fourth-order valence-corrected chi connectivity index (χ4v) is 3.36. The number of carbonyl (C=O) groups excluding carboxylic acids is 1. The van der Waals surface area contributed by atoms with Crippen LogP contribution in [0, 0.1) is 5.92 Å². The zero-order valence-electron chi connectivity index (χ0n) is 15.6. The molecule has 1 aliphatic rings.